The molecule has 0 aliphatic carbocycles. The molecule has 0 amide bonds. The summed E-state index contributed by atoms with van der Waals surface area (Å²) >= 11 is 0. The maximum Gasteiger partial charge on any atom is 0.312 e. The number of hydrogen-bond acceptors (Lipinski definition) is 7. The number of fused-ring (bicyclic) bond motifs is 1. The van der Waals surface area contributed by atoms with Gasteiger partial charge < -0.3 is 14.6 Å². The predicted octanol–water partition coefficient (Wildman–Crippen LogP) is 4.31. The second-order valence-electron chi connectivity index (χ2n) is 10.8. The molecular formula is C28H37N5O4. The number of nitrogens with zero attached hydrogens (tertiary/aromatic N) is 5. The SMILES string of the molecule is Cc1ccc([C@H](OCc2cn(C)nn2)C(C)(C)C(=O)O)cc1CN1Cc2ncccc2OC(C(C)C)C1. The second-order valence-corrected chi connectivity index (χ2v) is 10.8. The molecule has 9 nitrogen and oxygen atoms in total. The lowest BCUT2D eigenvalue weighted by molar-refractivity contribution is -0.158. The van der Waals surface area contributed by atoms with Gasteiger partial charge in [-0.05, 0) is 55.5 Å². The van der Waals surface area contributed by atoms with Gasteiger partial charge in [0, 0.05) is 32.9 Å². The van der Waals surface area contributed by atoms with Crippen molar-refractivity contribution in [3.8, 4) is 5.75 Å². The van der Waals surface area contributed by atoms with Crippen molar-refractivity contribution in [1.82, 2.24) is 24.9 Å². The molecule has 1 aliphatic rings. The van der Waals surface area contributed by atoms with Crippen LogP contribution >= 0.6 is 0 Å². The number of rotatable bonds is 9. The van der Waals surface area contributed by atoms with Crippen LogP contribution in [0.1, 0.15) is 61.9 Å². The van der Waals surface area contributed by atoms with Crippen molar-refractivity contribution in [3.05, 3.63) is 70.8 Å². The summed E-state index contributed by atoms with van der Waals surface area (Å²) in [5.41, 5.74) is 3.50. The average Bonchev–Trinajstić information content (AvgIpc) is 3.16. The smallest absolute Gasteiger partial charge is 0.312 e. The predicted molar refractivity (Wildman–Crippen MR) is 139 cm³/mol. The number of ether oxygens (including phenoxy) is 2. The molecule has 37 heavy (non-hydrogen) atoms. The highest BCUT2D eigenvalue weighted by Gasteiger charge is 2.39. The third kappa shape index (κ3) is 6.17. The molecule has 3 aromatic rings. The van der Waals surface area contributed by atoms with Gasteiger partial charge in [-0.25, -0.2) is 0 Å². The van der Waals surface area contributed by atoms with Crippen LogP contribution in [0.4, 0.5) is 0 Å². The van der Waals surface area contributed by atoms with Gasteiger partial charge in [0.05, 0.1) is 30.0 Å². The Kier molecular flexibility index (Phi) is 7.94. The van der Waals surface area contributed by atoms with E-state index in [0.717, 1.165) is 34.7 Å². The number of hydrogen-bond donors (Lipinski definition) is 1. The lowest BCUT2D eigenvalue weighted by Crippen LogP contribution is -2.36. The highest BCUT2D eigenvalue weighted by atomic mass is 16.5. The molecule has 1 N–H and O–H groups in total. The Balaban J connectivity index is 1.62. The zero-order valence-electron chi connectivity index (χ0n) is 22.5. The molecule has 1 aromatic carbocycles. The molecule has 2 aromatic heterocycles. The Hall–Kier alpha value is -3.30. The summed E-state index contributed by atoms with van der Waals surface area (Å²) in [7, 11) is 1.78. The number of carbonyl (C=O) groups is 1. The van der Waals surface area contributed by atoms with Gasteiger partial charge in [0.2, 0.25) is 0 Å². The van der Waals surface area contributed by atoms with Gasteiger partial charge in [0.15, 0.2) is 0 Å². The lowest BCUT2D eigenvalue weighted by Gasteiger charge is -2.31. The fraction of sp³-hybridized carbons (Fsp3) is 0.500. The van der Waals surface area contributed by atoms with Crippen LogP contribution in [-0.2, 0) is 36.3 Å². The van der Waals surface area contributed by atoms with Crippen LogP contribution in [0.5, 0.6) is 5.75 Å². The van der Waals surface area contributed by atoms with Crippen LogP contribution in [0.2, 0.25) is 0 Å². The molecule has 3 heterocycles. The van der Waals surface area contributed by atoms with E-state index >= 15 is 0 Å². The molecule has 0 saturated carbocycles. The van der Waals surface area contributed by atoms with Crippen molar-refractivity contribution >= 4 is 5.97 Å². The Morgan fingerprint density at radius 1 is 1.30 bits per heavy atom. The molecule has 0 bridgehead atoms. The molecular weight excluding hydrogens is 470 g/mol. The van der Waals surface area contributed by atoms with Gasteiger partial charge in [-0.3, -0.25) is 19.4 Å². The fourth-order valence-corrected chi connectivity index (χ4v) is 4.58. The Morgan fingerprint density at radius 2 is 2.08 bits per heavy atom. The van der Waals surface area contributed by atoms with Gasteiger partial charge in [-0.2, -0.15) is 0 Å². The molecule has 198 valence electrons. The molecule has 2 atom stereocenters. The van der Waals surface area contributed by atoms with E-state index in [1.165, 1.54) is 0 Å². The standard InChI is InChI=1S/C28H37N5O4/c1-18(2)25-16-33(15-23-24(37-25)8-7-11-29-23)13-21-12-20(10-9-19(21)3)26(28(4,5)27(34)35)36-17-22-14-32(6)31-30-22/h7-12,14,18,25-26H,13,15-17H2,1-6H3,(H,34,35)/t25?,26-/m0/s1. The Morgan fingerprint density at radius 3 is 2.76 bits per heavy atom. The zero-order valence-corrected chi connectivity index (χ0v) is 22.5. The minimum Gasteiger partial charge on any atom is -0.487 e. The third-order valence-corrected chi connectivity index (χ3v) is 7.01. The minimum absolute atomic E-state index is 0.0444. The molecule has 0 spiro atoms. The van der Waals surface area contributed by atoms with Crippen LogP contribution in [0.3, 0.4) is 0 Å². The lowest BCUT2D eigenvalue weighted by atomic mass is 9.81. The van der Waals surface area contributed by atoms with Crippen LogP contribution in [0, 0.1) is 18.3 Å². The van der Waals surface area contributed by atoms with Crippen LogP contribution in [0.15, 0.2) is 42.7 Å². The topological polar surface area (TPSA) is 103 Å². The normalized spacial score (nSPS) is 17.2. The highest BCUT2D eigenvalue weighted by Crippen LogP contribution is 2.38. The van der Waals surface area contributed by atoms with Crippen molar-refractivity contribution in [3.63, 3.8) is 0 Å². The van der Waals surface area contributed by atoms with E-state index < -0.39 is 17.5 Å². The van der Waals surface area contributed by atoms with Gasteiger partial charge in [0.25, 0.3) is 0 Å². The summed E-state index contributed by atoms with van der Waals surface area (Å²) in [6, 6.07) is 9.98. The third-order valence-electron chi connectivity index (χ3n) is 7.01. The zero-order chi connectivity index (χ0) is 26.7. The number of aromatic nitrogens is 4. The molecule has 0 radical (unpaired) electrons. The molecule has 4 rings (SSSR count). The number of carboxylic acids is 1. The average molecular weight is 508 g/mol. The van der Waals surface area contributed by atoms with Crippen molar-refractivity contribution in [1.29, 1.82) is 0 Å². The molecule has 1 aliphatic heterocycles. The fourth-order valence-electron chi connectivity index (χ4n) is 4.58. The van der Waals surface area contributed by atoms with Crippen LogP contribution in [-0.4, -0.2) is 48.6 Å². The summed E-state index contributed by atoms with van der Waals surface area (Å²) in [6.45, 7) is 12.1. The quantitative estimate of drug-likeness (QED) is 0.457. The summed E-state index contributed by atoms with van der Waals surface area (Å²) in [5, 5.41) is 18.1. The van der Waals surface area contributed by atoms with E-state index in [9.17, 15) is 9.90 Å². The van der Waals surface area contributed by atoms with E-state index in [0.29, 0.717) is 24.7 Å². The van der Waals surface area contributed by atoms with Crippen molar-refractivity contribution in [2.24, 2.45) is 18.4 Å². The van der Waals surface area contributed by atoms with Crippen molar-refractivity contribution < 1.29 is 19.4 Å². The number of benzene rings is 1. The summed E-state index contributed by atoms with van der Waals surface area (Å²) < 4.78 is 14.1. The summed E-state index contributed by atoms with van der Waals surface area (Å²) in [6.07, 6.45) is 2.94. The molecule has 9 heteroatoms. The first-order chi connectivity index (χ1) is 17.5. The van der Waals surface area contributed by atoms with E-state index in [4.69, 9.17) is 9.47 Å². The first kappa shape index (κ1) is 26.8. The second kappa shape index (κ2) is 11.0. The largest absolute Gasteiger partial charge is 0.487 e. The number of pyridine rings is 1. The maximum absolute atomic E-state index is 12.2. The number of carboxylic acid groups (broad SMARTS) is 1. The van der Waals surface area contributed by atoms with Gasteiger partial charge >= 0.3 is 5.97 Å². The van der Waals surface area contributed by atoms with Crippen LogP contribution < -0.4 is 4.74 Å². The van der Waals surface area contributed by atoms with E-state index in [1.54, 1.807) is 38.0 Å². The van der Waals surface area contributed by atoms with E-state index in [-0.39, 0.29) is 12.7 Å². The van der Waals surface area contributed by atoms with Gasteiger partial charge in [-0.15, -0.1) is 5.10 Å². The van der Waals surface area contributed by atoms with Gasteiger partial charge in [0.1, 0.15) is 17.5 Å². The van der Waals surface area contributed by atoms with E-state index in [2.05, 4.69) is 47.0 Å². The summed E-state index contributed by atoms with van der Waals surface area (Å²) in [5.74, 6) is 0.261. The minimum atomic E-state index is -1.16. The first-order valence-electron chi connectivity index (χ1n) is 12.7. The van der Waals surface area contributed by atoms with Crippen molar-refractivity contribution in [2.75, 3.05) is 6.54 Å². The number of aliphatic carboxylic acids is 1. The Bertz CT molecular complexity index is 1240. The summed E-state index contributed by atoms with van der Waals surface area (Å²) in [4.78, 5) is 19.2. The van der Waals surface area contributed by atoms with E-state index in [1.807, 2.05) is 24.3 Å². The number of aryl methyl sites for hydroxylation is 2. The Labute approximate surface area is 218 Å². The van der Waals surface area contributed by atoms with Crippen molar-refractivity contribution in [2.45, 2.75) is 66.5 Å². The first-order valence-corrected chi connectivity index (χ1v) is 12.7. The molecule has 1 unspecified atom stereocenters. The van der Waals surface area contributed by atoms with Crippen LogP contribution in [0.25, 0.3) is 0 Å². The van der Waals surface area contributed by atoms with Gasteiger partial charge in [-0.1, -0.05) is 37.3 Å². The maximum atomic E-state index is 12.2. The molecule has 0 fully saturated rings. The monoisotopic (exact) mass is 507 g/mol. The molecule has 0 saturated heterocycles. The highest BCUT2D eigenvalue weighted by molar-refractivity contribution is 5.74.